The summed E-state index contributed by atoms with van der Waals surface area (Å²) in [6.07, 6.45) is 5.46. The first-order valence-electron chi connectivity index (χ1n) is 14.2. The number of unbranched alkanes of at least 4 members (excludes halogenated alkanes) is 1. The van der Waals surface area contributed by atoms with E-state index < -0.39 is 17.9 Å². The molecule has 0 aliphatic carbocycles. The molecule has 1 aromatic heterocycles. The van der Waals surface area contributed by atoms with Crippen LogP contribution >= 0.6 is 11.6 Å². The van der Waals surface area contributed by atoms with E-state index in [1.165, 1.54) is 0 Å². The van der Waals surface area contributed by atoms with E-state index in [0.29, 0.717) is 34.2 Å². The minimum atomic E-state index is -0.607. The molecule has 2 heterocycles. The third-order valence-corrected chi connectivity index (χ3v) is 7.76. The highest BCUT2D eigenvalue weighted by Crippen LogP contribution is 2.36. The Morgan fingerprint density at radius 1 is 1.02 bits per heavy atom. The number of para-hydroxylation sites is 1. The third kappa shape index (κ3) is 6.01. The van der Waals surface area contributed by atoms with E-state index in [-0.39, 0.29) is 11.1 Å². The predicted molar refractivity (Wildman–Crippen MR) is 167 cm³/mol. The average molecular weight is 591 g/mol. The van der Waals surface area contributed by atoms with E-state index >= 15 is 0 Å². The number of rotatable bonds is 9. The largest absolute Gasteiger partial charge is 0.492 e. The molecule has 7 nitrogen and oxygen atoms in total. The Bertz CT molecular complexity index is 1770. The molecule has 0 fully saturated rings. The van der Waals surface area contributed by atoms with Gasteiger partial charge in [-0.05, 0) is 67.8 Å². The third-order valence-electron chi connectivity index (χ3n) is 7.47. The summed E-state index contributed by atoms with van der Waals surface area (Å²) in [7, 11) is 0. The monoisotopic (exact) mass is 590 g/mol. The van der Waals surface area contributed by atoms with Crippen molar-refractivity contribution < 1.29 is 14.3 Å². The van der Waals surface area contributed by atoms with Gasteiger partial charge in [-0.3, -0.25) is 14.5 Å². The summed E-state index contributed by atoms with van der Waals surface area (Å²) in [4.78, 5) is 28.5. The molecule has 0 spiro atoms. The van der Waals surface area contributed by atoms with Gasteiger partial charge in [0.15, 0.2) is 0 Å². The van der Waals surface area contributed by atoms with E-state index in [1.807, 2.05) is 85.1 Å². The Kier molecular flexibility index (Phi) is 8.89. The van der Waals surface area contributed by atoms with Crippen LogP contribution < -0.4 is 4.74 Å². The van der Waals surface area contributed by atoms with Gasteiger partial charge in [0.2, 0.25) is 0 Å². The lowest BCUT2D eigenvalue weighted by Gasteiger charge is -2.32. The van der Waals surface area contributed by atoms with Gasteiger partial charge in [-0.15, -0.1) is 0 Å². The quantitative estimate of drug-likeness (QED) is 0.113. The molecule has 0 saturated carbocycles. The normalized spacial score (nSPS) is 15.1. The summed E-state index contributed by atoms with van der Waals surface area (Å²) in [6, 6.07) is 25.8. The Morgan fingerprint density at radius 2 is 1.72 bits per heavy atom. The number of halogens is 1. The standard InChI is InChI=1S/C35H31ClN4O3/c1-4-5-18-43-32-17-16-26(20-31(32)36)33-27(22-39(38-33)28-14-10-7-11-15-28)19-29-23(2)30(21-37)35(42)40(34(29)41)24(3)25-12-8-6-9-13-25/h6-17,19-20,22,24H,4-5,18H2,1-3H3/b29-19+. The van der Waals surface area contributed by atoms with Crippen LogP contribution in [-0.2, 0) is 9.59 Å². The van der Waals surface area contributed by atoms with Crippen LogP contribution in [-0.4, -0.2) is 33.1 Å². The van der Waals surface area contributed by atoms with Gasteiger partial charge in [-0.1, -0.05) is 73.5 Å². The topological polar surface area (TPSA) is 88.2 Å². The summed E-state index contributed by atoms with van der Waals surface area (Å²) < 4.78 is 7.57. The molecule has 4 aromatic rings. The number of nitriles is 1. The van der Waals surface area contributed by atoms with Crippen molar-refractivity contribution in [2.75, 3.05) is 6.61 Å². The molecule has 0 bridgehead atoms. The van der Waals surface area contributed by atoms with Gasteiger partial charge in [0, 0.05) is 22.9 Å². The molecular formula is C35H31ClN4O3. The minimum Gasteiger partial charge on any atom is -0.492 e. The van der Waals surface area contributed by atoms with Crippen molar-refractivity contribution in [3.8, 4) is 28.8 Å². The minimum absolute atomic E-state index is 0.0674. The molecular weight excluding hydrogens is 560 g/mol. The molecule has 0 radical (unpaired) electrons. The molecule has 1 aliphatic heterocycles. The lowest BCUT2D eigenvalue weighted by atomic mass is 9.91. The zero-order valence-electron chi connectivity index (χ0n) is 24.3. The van der Waals surface area contributed by atoms with E-state index in [1.54, 1.807) is 30.7 Å². The van der Waals surface area contributed by atoms with Crippen molar-refractivity contribution in [1.29, 1.82) is 5.26 Å². The first-order chi connectivity index (χ1) is 20.8. The Hall–Kier alpha value is -4.93. The van der Waals surface area contributed by atoms with Crippen LogP contribution in [0, 0.1) is 11.3 Å². The van der Waals surface area contributed by atoms with Crippen LogP contribution in [0.5, 0.6) is 5.75 Å². The van der Waals surface area contributed by atoms with Crippen molar-refractivity contribution in [2.24, 2.45) is 0 Å². The van der Waals surface area contributed by atoms with Crippen molar-refractivity contribution >= 4 is 29.5 Å². The van der Waals surface area contributed by atoms with Gasteiger partial charge >= 0.3 is 0 Å². The number of carbonyl (C=O) groups excluding carboxylic acids is 2. The molecule has 216 valence electrons. The van der Waals surface area contributed by atoms with Crippen LogP contribution in [0.15, 0.2) is 102 Å². The van der Waals surface area contributed by atoms with Gasteiger partial charge in [-0.2, -0.15) is 10.4 Å². The van der Waals surface area contributed by atoms with Gasteiger partial charge < -0.3 is 4.74 Å². The Morgan fingerprint density at radius 3 is 2.37 bits per heavy atom. The fraction of sp³-hybridized carbons (Fsp3) is 0.200. The van der Waals surface area contributed by atoms with Crippen molar-refractivity contribution in [2.45, 2.75) is 39.7 Å². The zero-order valence-corrected chi connectivity index (χ0v) is 25.0. The van der Waals surface area contributed by atoms with Crippen LogP contribution in [0.4, 0.5) is 0 Å². The van der Waals surface area contributed by atoms with Gasteiger partial charge in [0.1, 0.15) is 23.1 Å². The number of amides is 2. The first-order valence-corrected chi connectivity index (χ1v) is 14.6. The fourth-order valence-corrected chi connectivity index (χ4v) is 5.24. The highest BCUT2D eigenvalue weighted by Gasteiger charge is 2.39. The molecule has 1 aliphatic rings. The lowest BCUT2D eigenvalue weighted by molar-refractivity contribution is -0.143. The number of ether oxygens (including phenoxy) is 1. The SMILES string of the molecule is CCCCOc1ccc(-c2nn(-c3ccccc3)cc2/C=C2/C(=O)N(C(C)c3ccccc3)C(=O)C(C#N)=C2C)cc1Cl. The van der Waals surface area contributed by atoms with E-state index in [0.717, 1.165) is 34.6 Å². The van der Waals surface area contributed by atoms with Gasteiger partial charge in [0.05, 0.1) is 23.4 Å². The maximum Gasteiger partial charge on any atom is 0.272 e. The molecule has 5 rings (SSSR count). The highest BCUT2D eigenvalue weighted by molar-refractivity contribution is 6.32. The van der Waals surface area contributed by atoms with Crippen molar-refractivity contribution in [1.82, 2.24) is 14.7 Å². The van der Waals surface area contributed by atoms with Crippen molar-refractivity contribution in [3.63, 3.8) is 0 Å². The maximum atomic E-state index is 14.0. The lowest BCUT2D eigenvalue weighted by Crippen LogP contribution is -2.44. The smallest absolute Gasteiger partial charge is 0.272 e. The molecule has 2 amide bonds. The number of hydrogen-bond donors (Lipinski definition) is 0. The van der Waals surface area contributed by atoms with Crippen molar-refractivity contribution in [3.05, 3.63) is 118 Å². The van der Waals surface area contributed by atoms with Crippen LogP contribution in [0.3, 0.4) is 0 Å². The molecule has 0 N–H and O–H groups in total. The number of carbonyl (C=O) groups is 2. The number of imide groups is 1. The average Bonchev–Trinajstić information content (AvgIpc) is 3.45. The maximum absolute atomic E-state index is 14.0. The van der Waals surface area contributed by atoms with Gasteiger partial charge in [-0.25, -0.2) is 4.68 Å². The summed E-state index contributed by atoms with van der Waals surface area (Å²) in [5.74, 6) is -0.497. The summed E-state index contributed by atoms with van der Waals surface area (Å²) in [5.41, 5.74) is 4.05. The van der Waals surface area contributed by atoms with E-state index in [4.69, 9.17) is 21.4 Å². The number of aromatic nitrogens is 2. The predicted octanol–water partition coefficient (Wildman–Crippen LogP) is 7.73. The summed E-state index contributed by atoms with van der Waals surface area (Å²) in [5, 5.41) is 15.3. The highest BCUT2D eigenvalue weighted by atomic mass is 35.5. The van der Waals surface area contributed by atoms with Crippen LogP contribution in [0.1, 0.15) is 50.8 Å². The molecule has 0 saturated heterocycles. The van der Waals surface area contributed by atoms with Crippen LogP contribution in [0.25, 0.3) is 23.0 Å². The summed E-state index contributed by atoms with van der Waals surface area (Å²) >= 11 is 6.62. The fourth-order valence-electron chi connectivity index (χ4n) is 5.01. The van der Waals surface area contributed by atoms with Crippen LogP contribution in [0.2, 0.25) is 5.02 Å². The number of hydrogen-bond acceptors (Lipinski definition) is 5. The molecule has 3 aromatic carbocycles. The second kappa shape index (κ2) is 12.9. The molecule has 1 atom stereocenters. The number of benzene rings is 3. The number of nitrogens with zero attached hydrogens (tertiary/aromatic N) is 4. The van der Waals surface area contributed by atoms with Gasteiger partial charge in [0.25, 0.3) is 11.8 Å². The second-order valence-corrected chi connectivity index (χ2v) is 10.7. The zero-order chi connectivity index (χ0) is 30.5. The Labute approximate surface area is 256 Å². The molecule has 1 unspecified atom stereocenters. The van der Waals surface area contributed by atoms with E-state index in [2.05, 4.69) is 6.92 Å². The molecule has 8 heteroatoms. The van der Waals surface area contributed by atoms with E-state index in [9.17, 15) is 14.9 Å². The Balaban J connectivity index is 1.63. The summed E-state index contributed by atoms with van der Waals surface area (Å²) in [6.45, 7) is 6.08. The molecule has 43 heavy (non-hydrogen) atoms. The second-order valence-electron chi connectivity index (χ2n) is 10.3. The first kappa shape index (κ1) is 29.6.